The van der Waals surface area contributed by atoms with Crippen molar-refractivity contribution in [3.05, 3.63) is 27.0 Å². The van der Waals surface area contributed by atoms with Crippen LogP contribution in [0, 0.1) is 0 Å². The second kappa shape index (κ2) is 6.22. The Morgan fingerprint density at radius 3 is 2.43 bits per heavy atom. The van der Waals surface area contributed by atoms with Crippen molar-refractivity contribution < 1.29 is 18.3 Å². The number of hydrogen-bond acceptors (Lipinski definition) is 5. The molecule has 2 N–H and O–H groups in total. The largest absolute Gasteiger partial charge is 0.480 e. The molecule has 0 saturated carbocycles. The Bertz CT molecular complexity index is 761. The third-order valence-corrected chi connectivity index (χ3v) is 4.33. The molecule has 118 valence electrons. The molecule has 21 heavy (non-hydrogen) atoms. The van der Waals surface area contributed by atoms with Crippen molar-refractivity contribution in [2.45, 2.75) is 30.7 Å². The van der Waals surface area contributed by atoms with E-state index >= 15 is 0 Å². The predicted octanol–water partition coefficient (Wildman–Crippen LogP) is -1.38. The van der Waals surface area contributed by atoms with Gasteiger partial charge in [-0.1, -0.05) is 13.3 Å². The normalized spacial score (nSPS) is 13.1. The zero-order chi connectivity index (χ0) is 16.4. The van der Waals surface area contributed by atoms with Crippen LogP contribution in [0.15, 0.2) is 20.7 Å². The molecule has 1 unspecified atom stereocenters. The lowest BCUT2D eigenvalue weighted by atomic mass is 10.2. The maximum absolute atomic E-state index is 12.2. The number of sulfonamides is 1. The first-order valence-electron chi connectivity index (χ1n) is 6.13. The van der Waals surface area contributed by atoms with Gasteiger partial charge in [-0.25, -0.2) is 13.2 Å². The number of aryl methyl sites for hydroxylation is 1. The monoisotopic (exact) mass is 319 g/mol. The van der Waals surface area contributed by atoms with Gasteiger partial charge >= 0.3 is 11.7 Å². The molecule has 1 aromatic heterocycles. The van der Waals surface area contributed by atoms with E-state index < -0.39 is 38.2 Å². The Labute approximate surface area is 120 Å². The number of hydrogen-bond donors (Lipinski definition) is 2. The highest BCUT2D eigenvalue weighted by molar-refractivity contribution is 7.89. The van der Waals surface area contributed by atoms with Crippen LogP contribution in [0.1, 0.15) is 19.8 Å². The van der Waals surface area contributed by atoms with E-state index in [1.165, 1.54) is 7.05 Å². The van der Waals surface area contributed by atoms with E-state index in [9.17, 15) is 22.8 Å². The maximum atomic E-state index is 12.2. The second-order valence-corrected chi connectivity index (χ2v) is 6.23. The van der Waals surface area contributed by atoms with Crippen LogP contribution in [0.4, 0.5) is 0 Å². The van der Waals surface area contributed by atoms with Crippen molar-refractivity contribution >= 4 is 16.0 Å². The van der Waals surface area contributed by atoms with Gasteiger partial charge in [0.2, 0.25) is 10.0 Å². The van der Waals surface area contributed by atoms with Gasteiger partial charge in [-0.15, -0.1) is 0 Å². The Balaban J connectivity index is 3.36. The van der Waals surface area contributed by atoms with Crippen molar-refractivity contribution in [3.8, 4) is 0 Å². The number of aliphatic carboxylic acids is 1. The van der Waals surface area contributed by atoms with E-state index in [1.807, 2.05) is 4.72 Å². The summed E-state index contributed by atoms with van der Waals surface area (Å²) in [6, 6.07) is -1.33. The summed E-state index contributed by atoms with van der Waals surface area (Å²) >= 11 is 0. The van der Waals surface area contributed by atoms with Crippen molar-refractivity contribution in [3.63, 3.8) is 0 Å². The van der Waals surface area contributed by atoms with Gasteiger partial charge in [-0.2, -0.15) is 4.72 Å². The van der Waals surface area contributed by atoms with E-state index in [-0.39, 0.29) is 6.42 Å². The lowest BCUT2D eigenvalue weighted by Crippen LogP contribution is -2.45. The molecule has 1 aromatic rings. The van der Waals surface area contributed by atoms with Gasteiger partial charge in [0.15, 0.2) is 4.90 Å². The summed E-state index contributed by atoms with van der Waals surface area (Å²) in [6.07, 6.45) is 1.41. The van der Waals surface area contributed by atoms with Gasteiger partial charge < -0.3 is 9.67 Å². The molecule has 0 aliphatic carbocycles. The van der Waals surface area contributed by atoms with E-state index in [1.54, 1.807) is 6.92 Å². The van der Waals surface area contributed by atoms with Crippen LogP contribution in [-0.2, 0) is 28.9 Å². The molecule has 0 aliphatic heterocycles. The Kier molecular flexibility index (Phi) is 5.07. The molecule has 0 bridgehead atoms. The van der Waals surface area contributed by atoms with Crippen LogP contribution < -0.4 is 16.0 Å². The predicted molar refractivity (Wildman–Crippen MR) is 73.6 cm³/mol. The van der Waals surface area contributed by atoms with Crippen LogP contribution in [0.2, 0.25) is 0 Å². The third-order valence-electron chi connectivity index (χ3n) is 2.88. The average molecular weight is 319 g/mol. The van der Waals surface area contributed by atoms with Crippen molar-refractivity contribution in [1.29, 1.82) is 0 Å². The molecule has 0 aliphatic rings. The highest BCUT2D eigenvalue weighted by Gasteiger charge is 2.27. The Morgan fingerprint density at radius 2 is 1.95 bits per heavy atom. The molecule has 9 nitrogen and oxygen atoms in total. The van der Waals surface area contributed by atoms with Gasteiger partial charge in [-0.3, -0.25) is 14.2 Å². The molecule has 1 atom stereocenters. The smallest absolute Gasteiger partial charge is 0.330 e. The summed E-state index contributed by atoms with van der Waals surface area (Å²) in [6.45, 7) is 1.70. The average Bonchev–Trinajstić information content (AvgIpc) is 2.39. The summed E-state index contributed by atoms with van der Waals surface area (Å²) in [4.78, 5) is 33.7. The molecule has 0 spiro atoms. The first-order chi connectivity index (χ1) is 9.61. The number of nitrogens with zero attached hydrogens (tertiary/aromatic N) is 2. The van der Waals surface area contributed by atoms with E-state index in [0.717, 1.165) is 17.8 Å². The summed E-state index contributed by atoms with van der Waals surface area (Å²) in [5.74, 6) is -1.33. The van der Waals surface area contributed by atoms with Crippen molar-refractivity contribution in [2.75, 3.05) is 0 Å². The minimum atomic E-state index is -4.34. The zero-order valence-electron chi connectivity index (χ0n) is 11.9. The van der Waals surface area contributed by atoms with Gasteiger partial charge in [0.1, 0.15) is 6.04 Å². The van der Waals surface area contributed by atoms with Gasteiger partial charge in [0, 0.05) is 20.3 Å². The standard InChI is InChI=1S/C11H17N3O6S/c1-4-5-7(10(16)17)12-21(19,20)8-6-13(2)11(18)14(3)9(8)15/h6-7,12H,4-5H2,1-3H3,(H,16,17). The minimum absolute atomic E-state index is 0.0840. The topological polar surface area (TPSA) is 127 Å². The van der Waals surface area contributed by atoms with Gasteiger partial charge in [-0.05, 0) is 6.42 Å². The quantitative estimate of drug-likeness (QED) is 0.665. The molecule has 0 fully saturated rings. The van der Waals surface area contributed by atoms with Gasteiger partial charge in [0.05, 0.1) is 0 Å². The van der Waals surface area contributed by atoms with E-state index in [0.29, 0.717) is 11.0 Å². The second-order valence-electron chi connectivity index (χ2n) is 4.55. The van der Waals surface area contributed by atoms with Crippen LogP contribution >= 0.6 is 0 Å². The van der Waals surface area contributed by atoms with Gasteiger partial charge in [0.25, 0.3) is 5.56 Å². The minimum Gasteiger partial charge on any atom is -0.480 e. The molecule has 1 heterocycles. The number of carboxylic acid groups (broad SMARTS) is 1. The third kappa shape index (κ3) is 3.58. The fraction of sp³-hybridized carbons (Fsp3) is 0.545. The number of rotatable bonds is 6. The first kappa shape index (κ1) is 17.1. The first-order valence-corrected chi connectivity index (χ1v) is 7.62. The highest BCUT2D eigenvalue weighted by atomic mass is 32.2. The van der Waals surface area contributed by atoms with Crippen molar-refractivity contribution in [1.82, 2.24) is 13.9 Å². The lowest BCUT2D eigenvalue weighted by molar-refractivity contribution is -0.139. The van der Waals surface area contributed by atoms with Crippen LogP contribution in [0.5, 0.6) is 0 Å². The Hall–Kier alpha value is -1.94. The molecular formula is C11H17N3O6S. The van der Waals surface area contributed by atoms with E-state index in [2.05, 4.69) is 0 Å². The molecular weight excluding hydrogens is 302 g/mol. The fourth-order valence-corrected chi connectivity index (χ4v) is 3.12. The van der Waals surface area contributed by atoms with Crippen LogP contribution in [0.25, 0.3) is 0 Å². The summed E-state index contributed by atoms with van der Waals surface area (Å²) in [7, 11) is -1.91. The summed E-state index contributed by atoms with van der Waals surface area (Å²) in [5, 5.41) is 8.97. The molecule has 10 heteroatoms. The number of carboxylic acids is 1. The number of nitrogens with one attached hydrogen (secondary N) is 1. The SMILES string of the molecule is CCCC(NS(=O)(=O)c1cn(C)c(=O)n(C)c1=O)C(=O)O. The Morgan fingerprint density at radius 1 is 1.38 bits per heavy atom. The van der Waals surface area contributed by atoms with Crippen LogP contribution in [-0.4, -0.2) is 34.7 Å². The molecule has 0 radical (unpaired) electrons. The summed E-state index contributed by atoms with van der Waals surface area (Å²) < 4.78 is 27.9. The summed E-state index contributed by atoms with van der Waals surface area (Å²) in [5.41, 5.74) is -1.69. The molecule has 0 aromatic carbocycles. The molecule has 0 saturated heterocycles. The zero-order valence-corrected chi connectivity index (χ0v) is 12.7. The maximum Gasteiger partial charge on any atom is 0.330 e. The molecule has 1 rings (SSSR count). The lowest BCUT2D eigenvalue weighted by Gasteiger charge is -2.14. The van der Waals surface area contributed by atoms with Crippen molar-refractivity contribution in [2.24, 2.45) is 14.1 Å². The van der Waals surface area contributed by atoms with E-state index in [4.69, 9.17) is 5.11 Å². The number of aromatic nitrogens is 2. The fourth-order valence-electron chi connectivity index (χ4n) is 1.73. The highest BCUT2D eigenvalue weighted by Crippen LogP contribution is 2.05. The molecule has 0 amide bonds. The van der Waals surface area contributed by atoms with Crippen LogP contribution in [0.3, 0.4) is 0 Å². The number of carbonyl (C=O) groups is 1.